The van der Waals surface area contributed by atoms with Gasteiger partial charge in [-0.3, -0.25) is 0 Å². The molecule has 4 heterocycles. The molecule has 0 N–H and O–H groups in total. The second-order valence-corrected chi connectivity index (χ2v) is 20.6. The van der Waals surface area contributed by atoms with E-state index >= 15 is 0 Å². The molecule has 0 amide bonds. The molecule has 8 nitrogen and oxygen atoms in total. The SMILES string of the molecule is CC1=C2C(=O)OCCCCCCCCOc3ccc(cc3)OCCCCCCCCOC(=O)C3=C(C)OC(c4ccccc4)(c4ccccc4)C3CCCCCCCCC2C(c2ccccc2)(c2ccccc2)O1. The van der Waals surface area contributed by atoms with E-state index in [-0.39, 0.29) is 23.8 Å². The van der Waals surface area contributed by atoms with Crippen LogP contribution in [-0.2, 0) is 39.7 Å². The molecule has 0 saturated carbocycles. The smallest absolute Gasteiger partial charge is 0.337 e. The second-order valence-electron chi connectivity index (χ2n) is 20.6. The highest BCUT2D eigenvalue weighted by Gasteiger charge is 2.54. The van der Waals surface area contributed by atoms with E-state index in [0.29, 0.717) is 49.1 Å². The Balaban J connectivity index is 0.963. The highest BCUT2D eigenvalue weighted by Crippen LogP contribution is 2.55. The molecule has 0 radical (unpaired) electrons. The molecule has 4 aliphatic rings. The number of hydrogen-bond donors (Lipinski definition) is 0. The molecule has 8 heteroatoms. The first kappa shape index (κ1) is 54.0. The Morgan fingerprint density at radius 3 is 0.878 bits per heavy atom. The van der Waals surface area contributed by atoms with Crippen molar-refractivity contribution in [1.29, 1.82) is 0 Å². The third-order valence-electron chi connectivity index (χ3n) is 15.5. The van der Waals surface area contributed by atoms with E-state index in [9.17, 15) is 9.59 Å². The molecule has 5 aromatic carbocycles. The first-order valence-electron chi connectivity index (χ1n) is 28.1. The summed E-state index contributed by atoms with van der Waals surface area (Å²) in [5.41, 5.74) is 3.75. The maximum atomic E-state index is 14.3. The molecule has 0 aliphatic carbocycles. The van der Waals surface area contributed by atoms with E-state index in [0.717, 1.165) is 162 Å². The summed E-state index contributed by atoms with van der Waals surface area (Å²) in [4.78, 5) is 28.6. The maximum Gasteiger partial charge on any atom is 0.337 e. The van der Waals surface area contributed by atoms with Crippen LogP contribution in [0.25, 0.3) is 0 Å². The van der Waals surface area contributed by atoms with Gasteiger partial charge in [-0.2, -0.15) is 0 Å². The summed E-state index contributed by atoms with van der Waals surface area (Å²) in [5.74, 6) is 2.03. The zero-order valence-corrected chi connectivity index (χ0v) is 44.2. The fourth-order valence-electron chi connectivity index (χ4n) is 11.7. The Labute approximate surface area is 441 Å². The van der Waals surface area contributed by atoms with Gasteiger partial charge in [0.2, 0.25) is 0 Å². The highest BCUT2D eigenvalue weighted by atomic mass is 16.5. The Morgan fingerprint density at radius 2 is 0.581 bits per heavy atom. The number of carbonyl (C=O) groups is 2. The number of esters is 2. The predicted octanol–water partition coefficient (Wildman–Crippen LogP) is 16.1. The summed E-state index contributed by atoms with van der Waals surface area (Å²) in [5, 5.41) is 0. The zero-order chi connectivity index (χ0) is 51.3. The second kappa shape index (κ2) is 27.9. The van der Waals surface area contributed by atoms with E-state index in [1.165, 1.54) is 0 Å². The Morgan fingerprint density at radius 1 is 0.324 bits per heavy atom. The largest absolute Gasteiger partial charge is 0.494 e. The van der Waals surface area contributed by atoms with Crippen LogP contribution in [0.2, 0.25) is 0 Å². The summed E-state index contributed by atoms with van der Waals surface area (Å²) in [6.45, 7) is 6.02. The van der Waals surface area contributed by atoms with Gasteiger partial charge in [-0.15, -0.1) is 0 Å². The van der Waals surface area contributed by atoms with E-state index in [2.05, 4.69) is 97.1 Å². The lowest BCUT2D eigenvalue weighted by molar-refractivity contribution is -0.140. The summed E-state index contributed by atoms with van der Waals surface area (Å²) in [7, 11) is 0. The van der Waals surface area contributed by atoms with Crippen LogP contribution >= 0.6 is 0 Å². The maximum absolute atomic E-state index is 14.3. The first-order chi connectivity index (χ1) is 36.4. The third kappa shape index (κ3) is 13.5. The molecule has 2 atom stereocenters. The molecular weight excluding hydrogens is 921 g/mol. The Kier molecular flexibility index (Phi) is 20.3. The van der Waals surface area contributed by atoms with Gasteiger partial charge >= 0.3 is 11.9 Å². The van der Waals surface area contributed by atoms with Crippen molar-refractivity contribution in [2.24, 2.45) is 11.8 Å². The van der Waals surface area contributed by atoms with Gasteiger partial charge < -0.3 is 28.4 Å². The van der Waals surface area contributed by atoms with Crippen LogP contribution < -0.4 is 9.47 Å². The fraction of sp³-hybridized carbons (Fsp3) is 0.455. The molecule has 74 heavy (non-hydrogen) atoms. The van der Waals surface area contributed by atoms with Gasteiger partial charge in [0.1, 0.15) is 23.0 Å². The standard InChI is InChI=1S/C66H80O8/c1-51-61-59(65(73-51,53-33-19-15-20-34-53)54-35-21-16-22-36-54)41-27-9-3-4-10-28-42-60-62(52(2)74-66(60,55-37-23-17-24-38-55)56-39-25-18-26-40-56)64(68)72-50-32-14-8-6-12-30-48-70-58-45-43-57(44-46-58)69-47-29-11-5-7-13-31-49-71-63(61)67/h15-26,33-40,43-46,59-60H,3-14,27-32,41-42,47-50H2,1-2H3. The van der Waals surface area contributed by atoms with Gasteiger partial charge in [-0.1, -0.05) is 211 Å². The molecule has 2 unspecified atom stereocenters. The summed E-state index contributed by atoms with van der Waals surface area (Å²) in [6.07, 6.45) is 19.8. The minimum atomic E-state index is -0.854. The van der Waals surface area contributed by atoms with E-state index < -0.39 is 11.2 Å². The molecule has 0 fully saturated rings. The number of allylic oxidation sites excluding steroid dienone is 2. The molecule has 9 rings (SSSR count). The van der Waals surface area contributed by atoms with E-state index in [1.54, 1.807) is 0 Å². The zero-order valence-electron chi connectivity index (χ0n) is 44.2. The Hall–Kier alpha value is -6.28. The lowest BCUT2D eigenvalue weighted by Crippen LogP contribution is -2.37. The summed E-state index contributed by atoms with van der Waals surface area (Å²) in [6, 6.07) is 49.6. The highest BCUT2D eigenvalue weighted by molar-refractivity contribution is 5.91. The Bertz CT molecular complexity index is 2280. The minimum Gasteiger partial charge on any atom is -0.494 e. The van der Waals surface area contributed by atoms with Crippen LogP contribution in [0.15, 0.2) is 168 Å². The van der Waals surface area contributed by atoms with Crippen LogP contribution in [0.3, 0.4) is 0 Å². The van der Waals surface area contributed by atoms with Gasteiger partial charge in [-0.25, -0.2) is 9.59 Å². The van der Waals surface area contributed by atoms with E-state index in [1.807, 2.05) is 62.4 Å². The monoisotopic (exact) mass is 1000 g/mol. The third-order valence-corrected chi connectivity index (χ3v) is 15.5. The van der Waals surface area contributed by atoms with Crippen molar-refractivity contribution in [2.75, 3.05) is 26.4 Å². The number of carbonyl (C=O) groups excluding carboxylic acids is 2. The summed E-state index contributed by atoms with van der Waals surface area (Å²) < 4.78 is 38.4. The molecular formula is C66H80O8. The van der Waals surface area contributed by atoms with Crippen LogP contribution in [0.5, 0.6) is 11.5 Å². The number of rotatable bonds is 4. The minimum absolute atomic E-state index is 0.223. The number of benzene rings is 5. The van der Waals surface area contributed by atoms with Gasteiger partial charge in [0.15, 0.2) is 11.2 Å². The van der Waals surface area contributed by atoms with Crippen LogP contribution in [0.1, 0.15) is 165 Å². The molecule has 2 bridgehead atoms. The average Bonchev–Trinajstić information content (AvgIpc) is 3.93. The van der Waals surface area contributed by atoms with Crippen molar-refractivity contribution in [3.8, 4) is 11.5 Å². The molecule has 5 aromatic rings. The lowest BCUT2D eigenvalue weighted by Gasteiger charge is -2.37. The first-order valence-corrected chi connectivity index (χ1v) is 28.1. The van der Waals surface area contributed by atoms with Gasteiger partial charge in [0, 0.05) is 34.1 Å². The molecule has 4 aliphatic heterocycles. The van der Waals surface area contributed by atoms with Crippen LogP contribution in [-0.4, -0.2) is 38.4 Å². The van der Waals surface area contributed by atoms with Gasteiger partial charge in [-0.05, 0) is 76.6 Å². The number of hydrogen-bond acceptors (Lipinski definition) is 8. The van der Waals surface area contributed by atoms with Gasteiger partial charge in [0.25, 0.3) is 0 Å². The van der Waals surface area contributed by atoms with Crippen molar-refractivity contribution in [2.45, 2.75) is 153 Å². The van der Waals surface area contributed by atoms with Crippen molar-refractivity contribution in [1.82, 2.24) is 0 Å². The normalized spacial score (nSPS) is 21.7. The lowest BCUT2D eigenvalue weighted by atomic mass is 9.71. The summed E-state index contributed by atoms with van der Waals surface area (Å²) >= 11 is 0. The molecule has 0 spiro atoms. The predicted molar refractivity (Wildman–Crippen MR) is 294 cm³/mol. The van der Waals surface area contributed by atoms with Crippen LogP contribution in [0, 0.1) is 11.8 Å². The topological polar surface area (TPSA) is 89.5 Å². The molecule has 0 saturated heterocycles. The van der Waals surface area contributed by atoms with Crippen molar-refractivity contribution in [3.05, 3.63) is 191 Å². The van der Waals surface area contributed by atoms with Gasteiger partial charge in [0.05, 0.1) is 37.6 Å². The average molecular weight is 1000 g/mol. The molecule has 0 aromatic heterocycles. The fourth-order valence-corrected chi connectivity index (χ4v) is 11.7. The number of fused-ring (bicyclic) bond motifs is 29. The van der Waals surface area contributed by atoms with E-state index in [4.69, 9.17) is 28.4 Å². The van der Waals surface area contributed by atoms with Crippen molar-refractivity contribution < 1.29 is 38.0 Å². The quantitative estimate of drug-likeness (QED) is 0.165. The van der Waals surface area contributed by atoms with Crippen molar-refractivity contribution >= 4 is 11.9 Å². The number of ether oxygens (including phenoxy) is 6. The molecule has 392 valence electrons. The van der Waals surface area contributed by atoms with Crippen LogP contribution in [0.4, 0.5) is 0 Å². The van der Waals surface area contributed by atoms with Crippen molar-refractivity contribution in [3.63, 3.8) is 0 Å².